The largest absolute Gasteiger partial charge is 0.248 e. The van der Waals surface area contributed by atoms with Gasteiger partial charge in [-0.05, 0) is 44.0 Å². The highest BCUT2D eigenvalue weighted by Crippen LogP contribution is 2.30. The third kappa shape index (κ3) is 7.15. The average Bonchev–Trinajstić information content (AvgIpc) is 2.68. The Morgan fingerprint density at radius 3 is 1.90 bits per heavy atom. The normalized spacial score (nSPS) is 15.5. The van der Waals surface area contributed by atoms with E-state index in [0.717, 1.165) is 11.1 Å². The molecule has 0 saturated heterocycles. The molecule has 0 bridgehead atoms. The minimum Gasteiger partial charge on any atom is -0.248 e. The molecule has 2 heterocycles. The standard InChI is InChI=1S/C10H12ClN3OS.C9H10ClN3OS/c1-10(2,16(3,15)14-7-12)8-4-5-9(11)13-6-8;1-7(15(2,14)13-6-11)8-3-4-9(10)12-5-8/h4-6H,1-3H3;3-5,7H,1-2H3. The van der Waals surface area contributed by atoms with Crippen LogP contribution in [-0.2, 0) is 24.2 Å². The number of pyridine rings is 2. The molecule has 166 valence electrons. The van der Waals surface area contributed by atoms with Crippen molar-refractivity contribution >= 4 is 42.7 Å². The third-order valence-electron chi connectivity index (χ3n) is 4.68. The first-order valence-corrected chi connectivity index (χ1v) is 13.4. The molecule has 31 heavy (non-hydrogen) atoms. The second-order valence-corrected chi connectivity index (χ2v) is 13.2. The van der Waals surface area contributed by atoms with Crippen LogP contribution in [0, 0.1) is 22.9 Å². The van der Waals surface area contributed by atoms with Crippen LogP contribution < -0.4 is 0 Å². The molecule has 3 atom stereocenters. The van der Waals surface area contributed by atoms with E-state index >= 15 is 0 Å². The van der Waals surface area contributed by atoms with Crippen LogP contribution in [0.5, 0.6) is 0 Å². The molecular formula is C19H22Cl2N6O2S2. The van der Waals surface area contributed by atoms with Gasteiger partial charge in [-0.2, -0.15) is 10.5 Å². The van der Waals surface area contributed by atoms with Gasteiger partial charge in [-0.15, -0.1) is 8.73 Å². The summed E-state index contributed by atoms with van der Waals surface area (Å²) in [7, 11) is -5.19. The SMILES string of the molecule is CC(C)(c1ccc(Cl)nc1)S(C)(=O)=NC#N.CC(c1ccc(Cl)nc1)S(C)(=O)=NC#N. The van der Waals surface area contributed by atoms with Crippen molar-refractivity contribution in [2.45, 2.75) is 30.8 Å². The maximum Gasteiger partial charge on any atom is 0.214 e. The van der Waals surface area contributed by atoms with Crippen molar-refractivity contribution in [3.8, 4) is 12.4 Å². The first-order chi connectivity index (χ1) is 14.3. The summed E-state index contributed by atoms with van der Waals surface area (Å²) in [6, 6.07) is 6.72. The first-order valence-electron chi connectivity index (χ1n) is 8.71. The molecular weight excluding hydrogens is 479 g/mol. The van der Waals surface area contributed by atoms with Gasteiger partial charge in [0.05, 0.1) is 29.5 Å². The van der Waals surface area contributed by atoms with E-state index in [4.69, 9.17) is 33.7 Å². The summed E-state index contributed by atoms with van der Waals surface area (Å²) in [6.07, 6.45) is 9.19. The molecule has 0 fully saturated rings. The summed E-state index contributed by atoms with van der Waals surface area (Å²) in [4.78, 5) is 7.82. The van der Waals surface area contributed by atoms with E-state index in [1.807, 2.05) is 0 Å². The third-order valence-corrected chi connectivity index (χ3v) is 9.72. The summed E-state index contributed by atoms with van der Waals surface area (Å²) in [6.45, 7) is 5.27. The Balaban J connectivity index is 0.000000311. The van der Waals surface area contributed by atoms with Gasteiger partial charge in [0.2, 0.25) is 12.4 Å². The van der Waals surface area contributed by atoms with Crippen molar-refractivity contribution in [3.63, 3.8) is 0 Å². The number of nitriles is 2. The fraction of sp³-hybridized carbons (Fsp3) is 0.368. The number of nitrogens with zero attached hydrogens (tertiary/aromatic N) is 6. The molecule has 0 saturated carbocycles. The van der Waals surface area contributed by atoms with E-state index < -0.39 is 24.2 Å². The molecule has 12 heteroatoms. The highest BCUT2D eigenvalue weighted by molar-refractivity contribution is 7.94. The molecule has 0 aliphatic heterocycles. The van der Waals surface area contributed by atoms with Gasteiger partial charge in [0.15, 0.2) is 0 Å². The Kier molecular flexibility index (Phi) is 9.40. The predicted molar refractivity (Wildman–Crippen MR) is 124 cm³/mol. The number of hydrogen-bond donors (Lipinski definition) is 0. The minimum atomic E-state index is -2.64. The monoisotopic (exact) mass is 500 g/mol. The topological polar surface area (TPSA) is 132 Å². The van der Waals surface area contributed by atoms with Crippen molar-refractivity contribution in [1.29, 1.82) is 10.5 Å². The smallest absolute Gasteiger partial charge is 0.214 e. The van der Waals surface area contributed by atoms with E-state index in [1.165, 1.54) is 12.5 Å². The average molecular weight is 501 g/mol. The number of rotatable bonds is 4. The Hall–Kier alpha value is -2.24. The second kappa shape index (κ2) is 10.9. The molecule has 0 aromatic carbocycles. The van der Waals surface area contributed by atoms with E-state index in [1.54, 1.807) is 69.8 Å². The molecule has 0 radical (unpaired) electrons. The summed E-state index contributed by atoms with van der Waals surface area (Å²) in [5, 5.41) is 17.3. The fourth-order valence-electron chi connectivity index (χ4n) is 2.18. The van der Waals surface area contributed by atoms with Gasteiger partial charge in [-0.3, -0.25) is 0 Å². The van der Waals surface area contributed by atoms with E-state index in [0.29, 0.717) is 10.3 Å². The number of halogens is 2. The van der Waals surface area contributed by atoms with Crippen molar-refractivity contribution in [2.75, 3.05) is 12.5 Å². The number of hydrogen-bond acceptors (Lipinski definition) is 8. The van der Waals surface area contributed by atoms with Crippen LogP contribution in [0.2, 0.25) is 10.3 Å². The summed E-state index contributed by atoms with van der Waals surface area (Å²) >= 11 is 11.3. The Bertz CT molecular complexity index is 1230. The lowest BCUT2D eigenvalue weighted by atomic mass is 10.1. The minimum absolute atomic E-state index is 0.345. The highest BCUT2D eigenvalue weighted by Gasteiger charge is 2.31. The lowest BCUT2D eigenvalue weighted by Gasteiger charge is -2.25. The predicted octanol–water partition coefficient (Wildman–Crippen LogP) is 4.92. The maximum atomic E-state index is 12.2. The molecule has 2 rings (SSSR count). The van der Waals surface area contributed by atoms with Crippen molar-refractivity contribution < 1.29 is 8.42 Å². The van der Waals surface area contributed by atoms with E-state index in [-0.39, 0.29) is 5.25 Å². The quantitative estimate of drug-likeness (QED) is 0.431. The van der Waals surface area contributed by atoms with Gasteiger partial charge >= 0.3 is 0 Å². The van der Waals surface area contributed by atoms with E-state index in [9.17, 15) is 8.42 Å². The molecule has 0 aliphatic carbocycles. The van der Waals surface area contributed by atoms with Crippen molar-refractivity contribution in [3.05, 3.63) is 58.1 Å². The molecule has 0 amide bonds. The zero-order chi connectivity index (χ0) is 23.9. The van der Waals surface area contributed by atoms with Gasteiger partial charge in [0.25, 0.3) is 0 Å². The van der Waals surface area contributed by atoms with E-state index in [2.05, 4.69) is 18.7 Å². The molecule has 0 N–H and O–H groups in total. The maximum absolute atomic E-state index is 12.2. The van der Waals surface area contributed by atoms with Crippen molar-refractivity contribution in [1.82, 2.24) is 9.97 Å². The van der Waals surface area contributed by atoms with Crippen LogP contribution >= 0.6 is 23.2 Å². The van der Waals surface area contributed by atoms with Crippen molar-refractivity contribution in [2.24, 2.45) is 8.73 Å². The summed E-state index contributed by atoms with van der Waals surface area (Å²) in [5.74, 6) is 0. The molecule has 8 nitrogen and oxygen atoms in total. The number of aromatic nitrogens is 2. The van der Waals surface area contributed by atoms with Gasteiger partial charge in [0.1, 0.15) is 10.3 Å². The van der Waals surface area contributed by atoms with Crippen LogP contribution in [0.25, 0.3) is 0 Å². The summed E-state index contributed by atoms with van der Waals surface area (Å²) in [5.41, 5.74) is 1.49. The van der Waals surface area contributed by atoms with Gasteiger partial charge in [-0.25, -0.2) is 18.4 Å². The molecule has 0 spiro atoms. The lowest BCUT2D eigenvalue weighted by Crippen LogP contribution is -2.27. The van der Waals surface area contributed by atoms with Crippen LogP contribution in [-0.4, -0.2) is 30.9 Å². The lowest BCUT2D eigenvalue weighted by molar-refractivity contribution is 0.638. The molecule has 2 aromatic heterocycles. The highest BCUT2D eigenvalue weighted by atomic mass is 35.5. The van der Waals surface area contributed by atoms with Gasteiger partial charge in [0, 0.05) is 24.9 Å². The van der Waals surface area contributed by atoms with Crippen LogP contribution in [0.1, 0.15) is 37.1 Å². The Morgan fingerprint density at radius 1 is 0.968 bits per heavy atom. The van der Waals surface area contributed by atoms with Gasteiger partial charge < -0.3 is 0 Å². The Morgan fingerprint density at radius 2 is 1.48 bits per heavy atom. The van der Waals surface area contributed by atoms with Crippen LogP contribution in [0.3, 0.4) is 0 Å². The zero-order valence-corrected chi connectivity index (χ0v) is 20.8. The fourth-order valence-corrected chi connectivity index (χ4v) is 4.31. The first kappa shape index (κ1) is 26.8. The Labute approximate surface area is 193 Å². The molecule has 2 aromatic rings. The summed E-state index contributed by atoms with van der Waals surface area (Å²) < 4.78 is 30.3. The van der Waals surface area contributed by atoms with Crippen LogP contribution in [0.15, 0.2) is 45.4 Å². The van der Waals surface area contributed by atoms with Gasteiger partial charge in [-0.1, -0.05) is 35.3 Å². The molecule has 3 unspecified atom stereocenters. The zero-order valence-electron chi connectivity index (χ0n) is 17.6. The van der Waals surface area contributed by atoms with Crippen LogP contribution in [0.4, 0.5) is 0 Å². The molecule has 0 aliphatic rings. The second-order valence-electron chi connectivity index (χ2n) is 6.98.